The molecular weight excluding hydrogens is 400 g/mol. The van der Waals surface area contributed by atoms with Gasteiger partial charge in [-0.25, -0.2) is 17.7 Å². The van der Waals surface area contributed by atoms with Crippen molar-refractivity contribution in [2.24, 2.45) is 7.05 Å². The number of aryl methyl sites for hydroxylation is 1. The lowest BCUT2D eigenvalue weighted by atomic mass is 10.2. The van der Waals surface area contributed by atoms with E-state index in [4.69, 9.17) is 0 Å². The molecule has 0 bridgehead atoms. The summed E-state index contributed by atoms with van der Waals surface area (Å²) in [6, 6.07) is 9.17. The van der Waals surface area contributed by atoms with Gasteiger partial charge in [0, 0.05) is 49.9 Å². The topological polar surface area (TPSA) is 101 Å². The number of hydrogen-bond acceptors (Lipinski definition) is 6. The first-order valence-corrected chi connectivity index (χ1v) is 10.5. The van der Waals surface area contributed by atoms with Gasteiger partial charge < -0.3 is 4.57 Å². The minimum absolute atomic E-state index is 0.190. The van der Waals surface area contributed by atoms with Crippen molar-refractivity contribution in [3.05, 3.63) is 63.9 Å². The summed E-state index contributed by atoms with van der Waals surface area (Å²) in [4.78, 5) is 28.5. The molecule has 0 unspecified atom stereocenters. The number of carbonyl (C=O) groups is 1. The van der Waals surface area contributed by atoms with Gasteiger partial charge in [-0.3, -0.25) is 14.9 Å². The Hall–Kier alpha value is -2.82. The predicted octanol–water partition coefficient (Wildman–Crippen LogP) is 2.01. The molecule has 1 N–H and O–H groups in total. The zero-order valence-corrected chi connectivity index (χ0v) is 17.0. The number of thiazole rings is 1. The van der Waals surface area contributed by atoms with E-state index in [2.05, 4.69) is 10.3 Å². The summed E-state index contributed by atoms with van der Waals surface area (Å²) in [5.41, 5.74) is 1.31. The molecule has 2 heterocycles. The normalized spacial score (nSPS) is 11.6. The van der Waals surface area contributed by atoms with Crippen LogP contribution in [0.2, 0.25) is 0 Å². The van der Waals surface area contributed by atoms with E-state index in [-0.39, 0.29) is 16.0 Å². The van der Waals surface area contributed by atoms with Crippen molar-refractivity contribution in [2.75, 3.05) is 19.4 Å². The fourth-order valence-corrected chi connectivity index (χ4v) is 3.95. The number of nitrogens with zero attached hydrogens (tertiary/aromatic N) is 3. The third kappa shape index (κ3) is 4.03. The van der Waals surface area contributed by atoms with E-state index < -0.39 is 15.9 Å². The number of hydrogen-bond donors (Lipinski definition) is 1. The van der Waals surface area contributed by atoms with Crippen LogP contribution in [-0.2, 0) is 17.1 Å². The second kappa shape index (κ2) is 7.66. The Labute approximate surface area is 166 Å². The van der Waals surface area contributed by atoms with Gasteiger partial charge in [0.25, 0.3) is 11.5 Å². The van der Waals surface area contributed by atoms with E-state index in [1.165, 1.54) is 54.4 Å². The number of anilines is 1. The number of amides is 1. The summed E-state index contributed by atoms with van der Waals surface area (Å²) in [6.45, 7) is 0. The molecule has 146 valence electrons. The average Bonchev–Trinajstić information content (AvgIpc) is 3.12. The molecule has 0 aliphatic rings. The number of nitrogens with one attached hydrogen (secondary N) is 1. The lowest BCUT2D eigenvalue weighted by molar-refractivity contribution is 0.102. The molecule has 8 nitrogen and oxygen atoms in total. The van der Waals surface area contributed by atoms with E-state index in [9.17, 15) is 18.0 Å². The zero-order chi connectivity index (χ0) is 20.5. The molecular formula is C18H18N4O4S2. The third-order valence-electron chi connectivity index (χ3n) is 4.02. The summed E-state index contributed by atoms with van der Waals surface area (Å²) in [6.07, 6.45) is 1.52. The lowest BCUT2D eigenvalue weighted by Gasteiger charge is -2.11. The Kier molecular flexibility index (Phi) is 5.45. The smallest absolute Gasteiger partial charge is 0.257 e. The highest BCUT2D eigenvalue weighted by Gasteiger charge is 2.17. The first kappa shape index (κ1) is 19.9. The second-order valence-corrected chi connectivity index (χ2v) is 9.18. The van der Waals surface area contributed by atoms with E-state index in [1.54, 1.807) is 30.6 Å². The Morgan fingerprint density at radius 3 is 2.46 bits per heavy atom. The van der Waals surface area contributed by atoms with Crippen molar-refractivity contribution < 1.29 is 13.2 Å². The molecule has 2 aromatic heterocycles. The van der Waals surface area contributed by atoms with Gasteiger partial charge in [0.2, 0.25) is 10.0 Å². The van der Waals surface area contributed by atoms with Gasteiger partial charge in [-0.2, -0.15) is 0 Å². The minimum Gasteiger partial charge on any atom is -0.319 e. The largest absolute Gasteiger partial charge is 0.319 e. The second-order valence-electron chi connectivity index (χ2n) is 6.17. The number of pyridine rings is 1. The number of carbonyl (C=O) groups excluding carboxylic acids is 1. The molecule has 28 heavy (non-hydrogen) atoms. The summed E-state index contributed by atoms with van der Waals surface area (Å²) in [5, 5.41) is 4.80. The number of benzene rings is 1. The maximum absolute atomic E-state index is 12.3. The van der Waals surface area contributed by atoms with Crippen molar-refractivity contribution >= 4 is 32.4 Å². The number of sulfonamides is 1. The van der Waals surface area contributed by atoms with Gasteiger partial charge in [-0.05, 0) is 18.2 Å². The maximum Gasteiger partial charge on any atom is 0.257 e. The molecule has 0 saturated carbocycles. The van der Waals surface area contributed by atoms with Crippen LogP contribution in [0.15, 0.2) is 57.7 Å². The van der Waals surface area contributed by atoms with Gasteiger partial charge in [0.1, 0.15) is 0 Å². The van der Waals surface area contributed by atoms with E-state index in [0.29, 0.717) is 10.8 Å². The van der Waals surface area contributed by atoms with Gasteiger partial charge >= 0.3 is 0 Å². The lowest BCUT2D eigenvalue weighted by Crippen LogP contribution is -2.22. The van der Waals surface area contributed by atoms with Crippen LogP contribution in [0.1, 0.15) is 10.4 Å². The van der Waals surface area contributed by atoms with Gasteiger partial charge in [0.05, 0.1) is 10.6 Å². The highest BCUT2D eigenvalue weighted by molar-refractivity contribution is 7.89. The zero-order valence-electron chi connectivity index (χ0n) is 15.4. The van der Waals surface area contributed by atoms with Crippen molar-refractivity contribution in [3.63, 3.8) is 0 Å². The molecule has 0 aliphatic heterocycles. The van der Waals surface area contributed by atoms with Crippen LogP contribution in [0.4, 0.5) is 5.13 Å². The molecule has 1 amide bonds. The first-order valence-electron chi connectivity index (χ1n) is 8.15. The van der Waals surface area contributed by atoms with Gasteiger partial charge in [0.15, 0.2) is 5.13 Å². The Balaban J connectivity index is 1.77. The number of rotatable bonds is 5. The van der Waals surface area contributed by atoms with Crippen molar-refractivity contribution in [2.45, 2.75) is 4.90 Å². The quantitative estimate of drug-likeness (QED) is 0.683. The maximum atomic E-state index is 12.3. The molecule has 0 spiro atoms. The molecule has 0 aliphatic carbocycles. The fraction of sp³-hybridized carbons (Fsp3) is 0.167. The van der Waals surface area contributed by atoms with E-state index in [0.717, 1.165) is 9.87 Å². The van der Waals surface area contributed by atoms with E-state index in [1.807, 2.05) is 0 Å². The summed E-state index contributed by atoms with van der Waals surface area (Å²) in [7, 11) is 1.06. The standard InChI is InChI=1S/C18H18N4O4S2/c1-21(2)28(25,26)14-6-4-12(5-7-14)15-11-27-18(19-15)20-17(24)13-8-9-22(3)16(23)10-13/h4-11H,1-3H3,(H,19,20,24). The van der Waals surface area contributed by atoms with Crippen LogP contribution in [0.25, 0.3) is 11.3 Å². The van der Waals surface area contributed by atoms with Crippen LogP contribution in [-0.4, -0.2) is 42.3 Å². The summed E-state index contributed by atoms with van der Waals surface area (Å²) in [5.74, 6) is -0.425. The third-order valence-corrected chi connectivity index (χ3v) is 6.61. The molecule has 10 heteroatoms. The van der Waals surface area contributed by atoms with Gasteiger partial charge in [-0.15, -0.1) is 11.3 Å². The average molecular weight is 419 g/mol. The molecule has 0 saturated heterocycles. The van der Waals surface area contributed by atoms with Gasteiger partial charge in [-0.1, -0.05) is 12.1 Å². The molecule has 1 aromatic carbocycles. The Morgan fingerprint density at radius 1 is 1.18 bits per heavy atom. The highest BCUT2D eigenvalue weighted by Crippen LogP contribution is 2.26. The van der Waals surface area contributed by atoms with Crippen LogP contribution < -0.4 is 10.9 Å². The molecule has 0 atom stereocenters. The Morgan fingerprint density at radius 2 is 1.86 bits per heavy atom. The minimum atomic E-state index is -3.49. The fourth-order valence-electron chi connectivity index (χ4n) is 2.33. The van der Waals surface area contributed by atoms with Crippen LogP contribution in [0.5, 0.6) is 0 Å². The molecule has 3 rings (SSSR count). The van der Waals surface area contributed by atoms with Crippen molar-refractivity contribution in [1.29, 1.82) is 0 Å². The SMILES string of the molecule is CN(C)S(=O)(=O)c1ccc(-c2csc(NC(=O)c3ccn(C)c(=O)c3)n2)cc1. The van der Waals surface area contributed by atoms with Crippen LogP contribution in [0.3, 0.4) is 0 Å². The van der Waals surface area contributed by atoms with Crippen molar-refractivity contribution in [3.8, 4) is 11.3 Å². The van der Waals surface area contributed by atoms with Crippen LogP contribution in [0, 0.1) is 0 Å². The summed E-state index contributed by atoms with van der Waals surface area (Å²) < 4.78 is 26.8. The monoisotopic (exact) mass is 418 g/mol. The summed E-state index contributed by atoms with van der Waals surface area (Å²) >= 11 is 1.24. The van der Waals surface area contributed by atoms with E-state index >= 15 is 0 Å². The van der Waals surface area contributed by atoms with Crippen molar-refractivity contribution in [1.82, 2.24) is 13.9 Å². The highest BCUT2D eigenvalue weighted by atomic mass is 32.2. The molecule has 0 fully saturated rings. The first-order chi connectivity index (χ1) is 13.2. The Bertz CT molecular complexity index is 1180. The number of aromatic nitrogens is 2. The molecule has 0 radical (unpaired) electrons. The predicted molar refractivity (Wildman–Crippen MR) is 108 cm³/mol. The molecule has 3 aromatic rings. The van der Waals surface area contributed by atoms with Crippen LogP contribution >= 0.6 is 11.3 Å².